The van der Waals surface area contributed by atoms with Crippen LogP contribution in [-0.2, 0) is 20.1 Å². The Morgan fingerprint density at radius 3 is 2.61 bits per heavy atom. The van der Waals surface area contributed by atoms with Crippen LogP contribution in [0.2, 0.25) is 0 Å². The van der Waals surface area contributed by atoms with E-state index >= 15 is 0 Å². The van der Waals surface area contributed by atoms with Crippen molar-refractivity contribution >= 4 is 10.9 Å². The molecule has 0 atom stereocenters. The molecule has 3 rings (SSSR count). The quantitative estimate of drug-likeness (QED) is 0.552. The maximum Gasteiger partial charge on any atom is 0.0595 e. The van der Waals surface area contributed by atoms with Crippen molar-refractivity contribution in [2.75, 3.05) is 0 Å². The second kappa shape index (κ2) is 5.38. The van der Waals surface area contributed by atoms with Crippen molar-refractivity contribution in [3.8, 4) is 11.3 Å². The van der Waals surface area contributed by atoms with Crippen LogP contribution in [0.4, 0.5) is 4.39 Å². The van der Waals surface area contributed by atoms with Gasteiger partial charge in [0.1, 0.15) is 0 Å². The SMILES string of the molecule is Fc1ccc[c-]c1-c1ccc2ccccc2n1.[Ir]. The number of nitrogens with zero attached hydrogens (tertiary/aromatic N) is 1. The molecule has 0 aliphatic heterocycles. The molecular weight excluding hydrogens is 405 g/mol. The van der Waals surface area contributed by atoms with E-state index in [1.807, 2.05) is 36.4 Å². The van der Waals surface area contributed by atoms with Gasteiger partial charge < -0.3 is 0 Å². The fourth-order valence-corrected chi connectivity index (χ4v) is 1.82. The molecule has 0 N–H and O–H groups in total. The van der Waals surface area contributed by atoms with Gasteiger partial charge in [-0.1, -0.05) is 35.9 Å². The van der Waals surface area contributed by atoms with Crippen molar-refractivity contribution in [1.82, 2.24) is 4.98 Å². The molecule has 0 spiro atoms. The van der Waals surface area contributed by atoms with E-state index < -0.39 is 0 Å². The van der Waals surface area contributed by atoms with Crippen LogP contribution in [0.25, 0.3) is 22.2 Å². The van der Waals surface area contributed by atoms with Gasteiger partial charge in [0, 0.05) is 25.9 Å². The summed E-state index contributed by atoms with van der Waals surface area (Å²) in [6, 6.07) is 19.2. The molecule has 0 aliphatic rings. The summed E-state index contributed by atoms with van der Waals surface area (Å²) in [4.78, 5) is 4.44. The van der Waals surface area contributed by atoms with E-state index in [0.717, 1.165) is 10.9 Å². The van der Waals surface area contributed by atoms with Gasteiger partial charge in [0.2, 0.25) is 0 Å². The number of hydrogen-bond donors (Lipinski definition) is 0. The topological polar surface area (TPSA) is 12.9 Å². The van der Waals surface area contributed by atoms with E-state index in [2.05, 4.69) is 11.1 Å². The molecule has 2 aromatic carbocycles. The largest absolute Gasteiger partial charge is 0.296 e. The van der Waals surface area contributed by atoms with Gasteiger partial charge >= 0.3 is 0 Å². The molecule has 1 aromatic heterocycles. The molecular formula is C15H9FIrN-. The van der Waals surface area contributed by atoms with Crippen LogP contribution < -0.4 is 0 Å². The molecule has 0 aliphatic carbocycles. The Morgan fingerprint density at radius 1 is 0.944 bits per heavy atom. The van der Waals surface area contributed by atoms with Crippen molar-refractivity contribution in [3.63, 3.8) is 0 Å². The Bertz CT molecular complexity index is 682. The first-order valence-electron chi connectivity index (χ1n) is 5.37. The number of aromatic nitrogens is 1. The molecule has 0 amide bonds. The molecule has 91 valence electrons. The maximum absolute atomic E-state index is 13.6. The van der Waals surface area contributed by atoms with Gasteiger partial charge in [0.15, 0.2) is 0 Å². The minimum Gasteiger partial charge on any atom is -0.296 e. The standard InChI is InChI=1S/C15H9FN.Ir/c16-13-7-3-2-6-12(13)15-10-9-11-5-1-4-8-14(11)17-15;/h1-5,7-10H;/q-1;. The average Bonchev–Trinajstić information content (AvgIpc) is 2.39. The Labute approximate surface area is 118 Å². The maximum atomic E-state index is 13.6. The van der Waals surface area contributed by atoms with Crippen molar-refractivity contribution in [2.24, 2.45) is 0 Å². The summed E-state index contributed by atoms with van der Waals surface area (Å²) in [6.07, 6.45) is 0. The summed E-state index contributed by atoms with van der Waals surface area (Å²) < 4.78 is 13.6. The normalized spacial score (nSPS) is 10.1. The first kappa shape index (κ1) is 12.9. The number of benzene rings is 2. The zero-order chi connectivity index (χ0) is 11.7. The molecule has 0 unspecified atom stereocenters. The van der Waals surface area contributed by atoms with Crippen molar-refractivity contribution in [1.29, 1.82) is 0 Å². The number of pyridine rings is 1. The van der Waals surface area contributed by atoms with Crippen LogP contribution in [0.3, 0.4) is 0 Å². The van der Waals surface area contributed by atoms with Crippen LogP contribution in [0.15, 0.2) is 54.6 Å². The molecule has 0 saturated carbocycles. The summed E-state index contributed by atoms with van der Waals surface area (Å²) >= 11 is 0. The smallest absolute Gasteiger partial charge is 0.0595 e. The van der Waals surface area contributed by atoms with E-state index in [0.29, 0.717) is 11.3 Å². The average molecular weight is 414 g/mol. The molecule has 1 nitrogen and oxygen atoms in total. The van der Waals surface area contributed by atoms with Gasteiger partial charge in [-0.3, -0.25) is 9.37 Å². The van der Waals surface area contributed by atoms with E-state index in [-0.39, 0.29) is 25.9 Å². The monoisotopic (exact) mass is 415 g/mol. The van der Waals surface area contributed by atoms with E-state index in [1.54, 1.807) is 12.1 Å². The van der Waals surface area contributed by atoms with Crippen molar-refractivity contribution in [3.05, 3.63) is 66.5 Å². The van der Waals surface area contributed by atoms with Crippen LogP contribution >= 0.6 is 0 Å². The number of rotatable bonds is 1. The van der Waals surface area contributed by atoms with Gasteiger partial charge in [-0.2, -0.15) is 0 Å². The second-order valence-electron chi connectivity index (χ2n) is 3.78. The Morgan fingerprint density at radius 2 is 1.78 bits per heavy atom. The number of hydrogen-bond acceptors (Lipinski definition) is 1. The Hall–Kier alpha value is -1.57. The first-order valence-corrected chi connectivity index (χ1v) is 5.37. The Kier molecular flexibility index (Phi) is 3.85. The fraction of sp³-hybridized carbons (Fsp3) is 0. The van der Waals surface area contributed by atoms with E-state index in [9.17, 15) is 4.39 Å². The molecule has 0 saturated heterocycles. The zero-order valence-corrected chi connectivity index (χ0v) is 11.7. The molecule has 18 heavy (non-hydrogen) atoms. The third kappa shape index (κ3) is 2.33. The van der Waals surface area contributed by atoms with Gasteiger partial charge in [-0.15, -0.1) is 24.3 Å². The van der Waals surface area contributed by atoms with Gasteiger partial charge in [-0.25, -0.2) is 0 Å². The van der Waals surface area contributed by atoms with Crippen LogP contribution in [0, 0.1) is 11.9 Å². The summed E-state index contributed by atoms with van der Waals surface area (Å²) in [5.41, 5.74) is 1.89. The third-order valence-electron chi connectivity index (χ3n) is 2.66. The number of para-hydroxylation sites is 1. The second-order valence-corrected chi connectivity index (χ2v) is 3.78. The Balaban J connectivity index is 0.00000120. The van der Waals surface area contributed by atoms with Crippen LogP contribution in [0.1, 0.15) is 0 Å². The number of halogens is 1. The molecule has 1 radical (unpaired) electrons. The minimum atomic E-state index is -0.296. The number of fused-ring (bicyclic) bond motifs is 1. The van der Waals surface area contributed by atoms with Crippen molar-refractivity contribution in [2.45, 2.75) is 0 Å². The van der Waals surface area contributed by atoms with Crippen LogP contribution in [-0.4, -0.2) is 4.98 Å². The molecule has 3 aromatic rings. The van der Waals surface area contributed by atoms with Gasteiger partial charge in [0.25, 0.3) is 0 Å². The summed E-state index contributed by atoms with van der Waals surface area (Å²) in [6.45, 7) is 0. The van der Waals surface area contributed by atoms with Crippen molar-refractivity contribution < 1.29 is 24.5 Å². The van der Waals surface area contributed by atoms with Gasteiger partial charge in [-0.05, 0) is 17.1 Å². The summed E-state index contributed by atoms with van der Waals surface area (Å²) in [5, 5.41) is 1.05. The van der Waals surface area contributed by atoms with Gasteiger partial charge in [0.05, 0.1) is 5.52 Å². The summed E-state index contributed by atoms with van der Waals surface area (Å²) in [7, 11) is 0. The fourth-order valence-electron chi connectivity index (χ4n) is 1.82. The predicted molar refractivity (Wildman–Crippen MR) is 66.0 cm³/mol. The third-order valence-corrected chi connectivity index (χ3v) is 2.66. The predicted octanol–water partition coefficient (Wildman–Crippen LogP) is 3.84. The van der Waals surface area contributed by atoms with Crippen LogP contribution in [0.5, 0.6) is 0 Å². The van der Waals surface area contributed by atoms with E-state index in [4.69, 9.17) is 0 Å². The summed E-state index contributed by atoms with van der Waals surface area (Å²) in [5.74, 6) is -0.296. The first-order chi connectivity index (χ1) is 8.34. The molecule has 0 bridgehead atoms. The molecule has 1 heterocycles. The minimum absolute atomic E-state index is 0. The molecule has 0 fully saturated rings. The zero-order valence-electron chi connectivity index (χ0n) is 9.35. The molecule has 3 heteroatoms. The van der Waals surface area contributed by atoms with E-state index in [1.165, 1.54) is 6.07 Å².